The average Bonchev–Trinajstić information content (AvgIpc) is 2.77. The smallest absolute Gasteiger partial charge is 0.222 e. The Kier molecular flexibility index (Phi) is 3.40. The fourth-order valence-electron chi connectivity index (χ4n) is 1.44. The Morgan fingerprint density at radius 1 is 1.06 bits per heavy atom. The molecule has 0 aliphatic heterocycles. The molecule has 0 saturated carbocycles. The predicted octanol–water partition coefficient (Wildman–Crippen LogP) is 2.43. The molecule has 0 aliphatic rings. The topological polar surface area (TPSA) is 32.3 Å². The first-order valence-corrected chi connectivity index (χ1v) is 6.21. The molecule has 0 atom stereocenters. The molecular formula is C12H16N4S. The van der Waals surface area contributed by atoms with Crippen LogP contribution in [0.2, 0.25) is 0 Å². The number of hydrogen-bond acceptors (Lipinski definition) is 5. The Labute approximate surface area is 105 Å². The molecule has 4 nitrogen and oxygen atoms in total. The Morgan fingerprint density at radius 2 is 1.76 bits per heavy atom. The van der Waals surface area contributed by atoms with Crippen LogP contribution in [0, 0.1) is 6.92 Å². The number of aromatic nitrogens is 2. The molecule has 0 radical (unpaired) electrons. The van der Waals surface area contributed by atoms with Crippen molar-refractivity contribution in [2.75, 3.05) is 26.2 Å². The van der Waals surface area contributed by atoms with Crippen molar-refractivity contribution in [3.05, 3.63) is 29.8 Å². The average molecular weight is 248 g/mol. The summed E-state index contributed by atoms with van der Waals surface area (Å²) in [5, 5.41) is 14.3. The van der Waals surface area contributed by atoms with E-state index >= 15 is 0 Å². The second-order valence-corrected chi connectivity index (χ2v) is 5.03. The number of hydrazine groups is 1. The SMILES string of the molecule is Cc1ccccc1-c1nnc(N(C)N(C)C)s1. The van der Waals surface area contributed by atoms with Crippen LogP contribution in [0.25, 0.3) is 10.6 Å². The predicted molar refractivity (Wildman–Crippen MR) is 72.2 cm³/mol. The number of benzene rings is 1. The van der Waals surface area contributed by atoms with Crippen molar-refractivity contribution in [1.82, 2.24) is 15.2 Å². The van der Waals surface area contributed by atoms with Crippen LogP contribution in [0.15, 0.2) is 24.3 Å². The van der Waals surface area contributed by atoms with Crippen LogP contribution in [0.3, 0.4) is 0 Å². The van der Waals surface area contributed by atoms with Gasteiger partial charge in [-0.1, -0.05) is 35.6 Å². The summed E-state index contributed by atoms with van der Waals surface area (Å²) in [6.45, 7) is 2.09. The molecule has 0 spiro atoms. The van der Waals surface area contributed by atoms with E-state index in [4.69, 9.17) is 0 Å². The minimum absolute atomic E-state index is 0.897. The number of aryl methyl sites for hydroxylation is 1. The van der Waals surface area contributed by atoms with E-state index in [1.165, 1.54) is 5.56 Å². The molecule has 1 aromatic carbocycles. The van der Waals surface area contributed by atoms with Gasteiger partial charge in [0.15, 0.2) is 0 Å². The molecule has 90 valence electrons. The second-order valence-electron chi connectivity index (χ2n) is 4.08. The third-order valence-electron chi connectivity index (χ3n) is 2.67. The van der Waals surface area contributed by atoms with Crippen LogP contribution in [0.5, 0.6) is 0 Å². The van der Waals surface area contributed by atoms with Gasteiger partial charge in [-0.3, -0.25) is 5.01 Å². The molecule has 0 N–H and O–H groups in total. The van der Waals surface area contributed by atoms with Crippen molar-refractivity contribution in [3.8, 4) is 10.6 Å². The maximum atomic E-state index is 4.25. The Morgan fingerprint density at radius 3 is 2.41 bits per heavy atom. The van der Waals surface area contributed by atoms with Gasteiger partial charge >= 0.3 is 0 Å². The van der Waals surface area contributed by atoms with E-state index in [9.17, 15) is 0 Å². The second kappa shape index (κ2) is 4.81. The van der Waals surface area contributed by atoms with Crippen molar-refractivity contribution in [2.24, 2.45) is 0 Å². The molecule has 17 heavy (non-hydrogen) atoms. The summed E-state index contributed by atoms with van der Waals surface area (Å²) in [4.78, 5) is 0. The van der Waals surface area contributed by atoms with E-state index in [1.807, 2.05) is 43.3 Å². The van der Waals surface area contributed by atoms with Crippen molar-refractivity contribution >= 4 is 16.5 Å². The van der Waals surface area contributed by atoms with E-state index in [0.717, 1.165) is 15.7 Å². The largest absolute Gasteiger partial charge is 0.283 e. The first-order chi connectivity index (χ1) is 8.09. The van der Waals surface area contributed by atoms with E-state index in [1.54, 1.807) is 11.3 Å². The normalized spacial score (nSPS) is 10.9. The van der Waals surface area contributed by atoms with Crippen LogP contribution in [-0.2, 0) is 0 Å². The number of rotatable bonds is 3. The van der Waals surface area contributed by atoms with Crippen LogP contribution in [0.1, 0.15) is 5.56 Å². The maximum Gasteiger partial charge on any atom is 0.222 e. The summed E-state index contributed by atoms with van der Waals surface area (Å²) in [5.41, 5.74) is 2.38. The quantitative estimate of drug-likeness (QED) is 0.781. The first kappa shape index (κ1) is 12.0. The van der Waals surface area contributed by atoms with E-state index in [-0.39, 0.29) is 0 Å². The van der Waals surface area contributed by atoms with Gasteiger partial charge in [0.2, 0.25) is 5.13 Å². The minimum Gasteiger partial charge on any atom is -0.283 e. The lowest BCUT2D eigenvalue weighted by molar-refractivity contribution is 0.396. The van der Waals surface area contributed by atoms with Crippen LogP contribution >= 0.6 is 11.3 Å². The van der Waals surface area contributed by atoms with Gasteiger partial charge in [-0.25, -0.2) is 5.01 Å². The molecule has 2 aromatic rings. The Bertz CT molecular complexity index is 507. The molecule has 1 heterocycles. The zero-order valence-electron chi connectivity index (χ0n) is 10.5. The monoisotopic (exact) mass is 248 g/mol. The molecule has 0 bridgehead atoms. The molecule has 0 unspecified atom stereocenters. The van der Waals surface area contributed by atoms with Gasteiger partial charge in [0.05, 0.1) is 0 Å². The van der Waals surface area contributed by atoms with Crippen LogP contribution < -0.4 is 5.01 Å². The summed E-state index contributed by atoms with van der Waals surface area (Å²) in [6.07, 6.45) is 0. The third kappa shape index (κ3) is 2.45. The van der Waals surface area contributed by atoms with Crippen molar-refractivity contribution < 1.29 is 0 Å². The van der Waals surface area contributed by atoms with Gasteiger partial charge in [-0.05, 0) is 12.5 Å². The standard InChI is InChI=1S/C12H16N4S/c1-9-7-5-6-8-10(9)11-13-14-12(17-11)16(4)15(2)3/h5-8H,1-4H3. The zero-order chi connectivity index (χ0) is 12.4. The highest BCUT2D eigenvalue weighted by atomic mass is 32.1. The Hall–Kier alpha value is -1.46. The van der Waals surface area contributed by atoms with Gasteiger partial charge < -0.3 is 0 Å². The van der Waals surface area contributed by atoms with Gasteiger partial charge in [-0.2, -0.15) is 0 Å². The van der Waals surface area contributed by atoms with Crippen LogP contribution in [-0.4, -0.2) is 36.3 Å². The van der Waals surface area contributed by atoms with Gasteiger partial charge in [0, 0.05) is 26.7 Å². The van der Waals surface area contributed by atoms with E-state index < -0.39 is 0 Å². The zero-order valence-corrected chi connectivity index (χ0v) is 11.3. The van der Waals surface area contributed by atoms with Gasteiger partial charge in [-0.15, -0.1) is 10.2 Å². The molecule has 0 saturated heterocycles. The first-order valence-electron chi connectivity index (χ1n) is 5.40. The molecule has 0 amide bonds. The number of hydrogen-bond donors (Lipinski definition) is 0. The summed E-state index contributed by atoms with van der Waals surface area (Å²) in [5.74, 6) is 0. The molecule has 2 rings (SSSR count). The lowest BCUT2D eigenvalue weighted by atomic mass is 10.1. The van der Waals surface area contributed by atoms with Gasteiger partial charge in [0.1, 0.15) is 5.01 Å². The lowest BCUT2D eigenvalue weighted by Crippen LogP contribution is -2.32. The Balaban J connectivity index is 2.34. The molecule has 0 fully saturated rings. The highest BCUT2D eigenvalue weighted by Gasteiger charge is 2.12. The van der Waals surface area contributed by atoms with E-state index in [2.05, 4.69) is 29.3 Å². The summed E-state index contributed by atoms with van der Waals surface area (Å²) in [7, 11) is 5.94. The van der Waals surface area contributed by atoms with Crippen molar-refractivity contribution in [1.29, 1.82) is 0 Å². The lowest BCUT2D eigenvalue weighted by Gasteiger charge is -2.22. The molecule has 5 heteroatoms. The third-order valence-corrected chi connectivity index (χ3v) is 3.69. The molecule has 0 aliphatic carbocycles. The molecular weight excluding hydrogens is 232 g/mol. The summed E-state index contributed by atoms with van der Waals surface area (Å²) in [6, 6.07) is 8.23. The fraction of sp³-hybridized carbons (Fsp3) is 0.333. The number of nitrogens with zero attached hydrogens (tertiary/aromatic N) is 4. The summed E-state index contributed by atoms with van der Waals surface area (Å²) < 4.78 is 0. The minimum atomic E-state index is 0.897. The van der Waals surface area contributed by atoms with Crippen molar-refractivity contribution in [3.63, 3.8) is 0 Å². The summed E-state index contributed by atoms with van der Waals surface area (Å²) >= 11 is 1.60. The highest BCUT2D eigenvalue weighted by molar-refractivity contribution is 7.18. The van der Waals surface area contributed by atoms with E-state index in [0.29, 0.717) is 0 Å². The fourth-order valence-corrected chi connectivity index (χ4v) is 2.41. The van der Waals surface area contributed by atoms with Gasteiger partial charge in [0.25, 0.3) is 0 Å². The number of anilines is 1. The highest BCUT2D eigenvalue weighted by Crippen LogP contribution is 2.30. The van der Waals surface area contributed by atoms with Crippen molar-refractivity contribution in [2.45, 2.75) is 6.92 Å². The molecule has 1 aromatic heterocycles. The maximum absolute atomic E-state index is 4.25. The van der Waals surface area contributed by atoms with Crippen LogP contribution in [0.4, 0.5) is 5.13 Å².